The zero-order valence-electron chi connectivity index (χ0n) is 10.6. The van der Waals surface area contributed by atoms with Gasteiger partial charge in [-0.3, -0.25) is 0 Å². The third-order valence-electron chi connectivity index (χ3n) is 3.84. The second-order valence-electron chi connectivity index (χ2n) is 4.99. The first kappa shape index (κ1) is 11.8. The summed E-state index contributed by atoms with van der Waals surface area (Å²) in [6, 6.07) is 8.54. The molecule has 0 bridgehead atoms. The number of aromatic nitrogens is 1. The summed E-state index contributed by atoms with van der Waals surface area (Å²) in [7, 11) is 0. The number of benzene rings is 1. The van der Waals surface area contributed by atoms with E-state index in [0.29, 0.717) is 12.6 Å². The number of hydrogen-bond donors (Lipinski definition) is 1. The lowest BCUT2D eigenvalue weighted by Crippen LogP contribution is -2.09. The van der Waals surface area contributed by atoms with Crippen LogP contribution in [0.2, 0.25) is 0 Å². The van der Waals surface area contributed by atoms with E-state index in [1.807, 2.05) is 0 Å². The fourth-order valence-corrected chi connectivity index (χ4v) is 2.82. The summed E-state index contributed by atoms with van der Waals surface area (Å²) >= 11 is 0. The molecule has 1 aliphatic rings. The zero-order valence-corrected chi connectivity index (χ0v) is 10.6. The van der Waals surface area contributed by atoms with Crippen molar-refractivity contribution < 1.29 is 4.74 Å². The third kappa shape index (κ3) is 2.16. The van der Waals surface area contributed by atoms with Crippen molar-refractivity contribution >= 4 is 10.9 Å². The predicted molar refractivity (Wildman–Crippen MR) is 73.4 cm³/mol. The van der Waals surface area contributed by atoms with E-state index in [1.54, 1.807) is 0 Å². The molecule has 2 N–H and O–H groups in total. The van der Waals surface area contributed by atoms with Crippen LogP contribution in [-0.4, -0.2) is 17.3 Å². The molecule has 0 spiro atoms. The number of fused-ring (bicyclic) bond motifs is 1. The molecule has 3 heteroatoms. The van der Waals surface area contributed by atoms with Crippen molar-refractivity contribution in [1.82, 2.24) is 4.57 Å². The third-order valence-corrected chi connectivity index (χ3v) is 3.84. The molecule has 1 aliphatic heterocycles. The highest BCUT2D eigenvalue weighted by atomic mass is 16.5. The molecule has 0 aliphatic carbocycles. The van der Waals surface area contributed by atoms with Gasteiger partial charge < -0.3 is 15.0 Å². The van der Waals surface area contributed by atoms with Gasteiger partial charge in [0.1, 0.15) is 0 Å². The van der Waals surface area contributed by atoms with Crippen molar-refractivity contribution in [3.05, 3.63) is 36.0 Å². The summed E-state index contributed by atoms with van der Waals surface area (Å²) in [6.07, 6.45) is 6.16. The van der Waals surface area contributed by atoms with Crippen molar-refractivity contribution in [3.8, 4) is 0 Å². The lowest BCUT2D eigenvalue weighted by Gasteiger charge is -2.11. The summed E-state index contributed by atoms with van der Waals surface area (Å²) in [6.45, 7) is 2.57. The van der Waals surface area contributed by atoms with Gasteiger partial charge in [0.15, 0.2) is 0 Å². The summed E-state index contributed by atoms with van der Waals surface area (Å²) in [4.78, 5) is 0. The molecular formula is C15H20N2O. The fourth-order valence-electron chi connectivity index (χ4n) is 2.82. The van der Waals surface area contributed by atoms with Crippen molar-refractivity contribution in [2.75, 3.05) is 6.61 Å². The molecule has 2 aromatic rings. The fraction of sp³-hybridized carbons (Fsp3) is 0.467. The van der Waals surface area contributed by atoms with E-state index in [1.165, 1.54) is 29.3 Å². The summed E-state index contributed by atoms with van der Waals surface area (Å²) in [5, 5.41) is 1.28. The highest BCUT2D eigenvalue weighted by Gasteiger charge is 2.15. The first-order valence-corrected chi connectivity index (χ1v) is 6.77. The molecule has 1 unspecified atom stereocenters. The monoisotopic (exact) mass is 244 g/mol. The average Bonchev–Trinajstić information content (AvgIpc) is 3.05. The van der Waals surface area contributed by atoms with Crippen LogP contribution in [0.4, 0.5) is 0 Å². The van der Waals surface area contributed by atoms with E-state index in [0.717, 1.165) is 19.6 Å². The van der Waals surface area contributed by atoms with E-state index >= 15 is 0 Å². The minimum absolute atomic E-state index is 0.458. The topological polar surface area (TPSA) is 40.2 Å². The molecule has 3 rings (SSSR count). The van der Waals surface area contributed by atoms with E-state index in [-0.39, 0.29) is 0 Å². The maximum Gasteiger partial charge on any atom is 0.0593 e. The molecule has 1 saturated heterocycles. The number of nitrogens with two attached hydrogens (primary N) is 1. The Morgan fingerprint density at radius 2 is 2.28 bits per heavy atom. The first-order valence-electron chi connectivity index (χ1n) is 6.77. The number of hydrogen-bond acceptors (Lipinski definition) is 2. The lowest BCUT2D eigenvalue weighted by atomic mass is 10.1. The highest BCUT2D eigenvalue weighted by molar-refractivity contribution is 5.83. The largest absolute Gasteiger partial charge is 0.378 e. The average molecular weight is 244 g/mol. The van der Waals surface area contributed by atoms with Crippen LogP contribution in [0.3, 0.4) is 0 Å². The molecule has 1 fully saturated rings. The van der Waals surface area contributed by atoms with Crippen molar-refractivity contribution in [2.45, 2.75) is 38.5 Å². The summed E-state index contributed by atoms with van der Waals surface area (Å²) in [5.41, 5.74) is 8.28. The smallest absolute Gasteiger partial charge is 0.0593 e. The van der Waals surface area contributed by atoms with Gasteiger partial charge in [0.05, 0.1) is 6.10 Å². The van der Waals surface area contributed by atoms with E-state index in [2.05, 4.69) is 35.0 Å². The maximum atomic E-state index is 5.77. The standard InChI is InChI=1S/C15H20N2O/c16-11-12-3-1-5-15-14(12)7-9-17(15)8-6-13-4-2-10-18-13/h1,3,5,7,9,13H,2,4,6,8,10-11,16H2. The molecule has 1 aromatic carbocycles. The second-order valence-corrected chi connectivity index (χ2v) is 4.99. The lowest BCUT2D eigenvalue weighted by molar-refractivity contribution is 0.101. The first-order chi connectivity index (χ1) is 8.88. The van der Waals surface area contributed by atoms with E-state index < -0.39 is 0 Å². The maximum absolute atomic E-state index is 5.77. The number of aryl methyl sites for hydroxylation is 1. The van der Waals surface area contributed by atoms with E-state index in [9.17, 15) is 0 Å². The number of ether oxygens (including phenoxy) is 1. The van der Waals surface area contributed by atoms with Crippen molar-refractivity contribution in [2.24, 2.45) is 5.73 Å². The van der Waals surface area contributed by atoms with Crippen LogP contribution in [-0.2, 0) is 17.8 Å². The van der Waals surface area contributed by atoms with Crippen molar-refractivity contribution in [1.29, 1.82) is 0 Å². The Morgan fingerprint density at radius 3 is 3.06 bits per heavy atom. The van der Waals surface area contributed by atoms with Gasteiger partial charge in [-0.15, -0.1) is 0 Å². The van der Waals surface area contributed by atoms with Crippen molar-refractivity contribution in [3.63, 3.8) is 0 Å². The van der Waals surface area contributed by atoms with Gasteiger partial charge in [0.2, 0.25) is 0 Å². The molecule has 0 amide bonds. The van der Waals surface area contributed by atoms with Crippen LogP contribution in [0.25, 0.3) is 10.9 Å². The molecule has 3 nitrogen and oxygen atoms in total. The van der Waals surface area contributed by atoms with Crippen LogP contribution in [0.1, 0.15) is 24.8 Å². The molecule has 0 radical (unpaired) electrons. The minimum Gasteiger partial charge on any atom is -0.378 e. The van der Waals surface area contributed by atoms with Gasteiger partial charge in [0, 0.05) is 36.8 Å². The molecule has 0 saturated carbocycles. The van der Waals surface area contributed by atoms with Crippen LogP contribution in [0.5, 0.6) is 0 Å². The van der Waals surface area contributed by atoms with Crippen LogP contribution in [0.15, 0.2) is 30.5 Å². The highest BCUT2D eigenvalue weighted by Crippen LogP contribution is 2.22. The van der Waals surface area contributed by atoms with Crippen LogP contribution >= 0.6 is 0 Å². The quantitative estimate of drug-likeness (QED) is 0.898. The Morgan fingerprint density at radius 1 is 1.33 bits per heavy atom. The van der Waals surface area contributed by atoms with Gasteiger partial charge in [-0.1, -0.05) is 12.1 Å². The summed E-state index contributed by atoms with van der Waals surface area (Å²) in [5.74, 6) is 0. The molecule has 1 aromatic heterocycles. The Kier molecular flexibility index (Phi) is 3.35. The Bertz CT molecular complexity index is 526. The van der Waals surface area contributed by atoms with Gasteiger partial charge in [-0.2, -0.15) is 0 Å². The number of rotatable bonds is 4. The molecule has 18 heavy (non-hydrogen) atoms. The zero-order chi connectivity index (χ0) is 12.4. The van der Waals surface area contributed by atoms with E-state index in [4.69, 9.17) is 10.5 Å². The van der Waals surface area contributed by atoms with Crippen LogP contribution < -0.4 is 5.73 Å². The predicted octanol–water partition coefficient (Wildman–Crippen LogP) is 2.67. The van der Waals surface area contributed by atoms with Gasteiger partial charge in [-0.05, 0) is 37.0 Å². The van der Waals surface area contributed by atoms with Gasteiger partial charge in [-0.25, -0.2) is 0 Å². The molecular weight excluding hydrogens is 224 g/mol. The SMILES string of the molecule is NCc1cccc2c1ccn2CCC1CCCO1. The second kappa shape index (κ2) is 5.12. The van der Waals surface area contributed by atoms with Gasteiger partial charge >= 0.3 is 0 Å². The Hall–Kier alpha value is -1.32. The van der Waals surface area contributed by atoms with Crippen LogP contribution in [0, 0.1) is 0 Å². The molecule has 96 valence electrons. The van der Waals surface area contributed by atoms with Gasteiger partial charge in [0.25, 0.3) is 0 Å². The Labute approximate surface area is 108 Å². The minimum atomic E-state index is 0.458. The normalized spacial score (nSPS) is 19.7. The molecule has 1 atom stereocenters. The molecule has 2 heterocycles. The summed E-state index contributed by atoms with van der Waals surface area (Å²) < 4.78 is 7.99. The number of nitrogens with zero attached hydrogens (tertiary/aromatic N) is 1. The Balaban J connectivity index is 1.79.